The summed E-state index contributed by atoms with van der Waals surface area (Å²) in [5.74, 6) is 0.0305. The average molecular weight is 255 g/mol. The van der Waals surface area contributed by atoms with Gasteiger partial charge in [0.15, 0.2) is 0 Å². The lowest BCUT2D eigenvalue weighted by Gasteiger charge is -2.06. The summed E-state index contributed by atoms with van der Waals surface area (Å²) in [6.07, 6.45) is -0.655. The van der Waals surface area contributed by atoms with Crippen LogP contribution in [0.2, 0.25) is 0 Å². The molecule has 0 aromatic heterocycles. The van der Waals surface area contributed by atoms with Crippen molar-refractivity contribution in [3.8, 4) is 0 Å². The molecule has 1 aromatic rings. The smallest absolute Gasteiger partial charge is 0.297 e. The highest BCUT2D eigenvalue weighted by Crippen LogP contribution is 2.13. The Morgan fingerprint density at radius 2 is 2.06 bits per heavy atom. The van der Waals surface area contributed by atoms with E-state index in [1.807, 2.05) is 39.0 Å². The van der Waals surface area contributed by atoms with Crippen molar-refractivity contribution in [2.45, 2.75) is 20.8 Å². The molecule has 5 heteroatoms. The zero-order chi connectivity index (χ0) is 12.8. The molecular weight excluding hydrogens is 240 g/mol. The van der Waals surface area contributed by atoms with Crippen molar-refractivity contribution in [2.75, 3.05) is 5.32 Å². The van der Waals surface area contributed by atoms with E-state index in [0.29, 0.717) is 5.69 Å². The number of nitrogens with zero attached hydrogens (tertiary/aromatic N) is 1. The van der Waals surface area contributed by atoms with Gasteiger partial charge in [0, 0.05) is 11.6 Å². The molecule has 0 saturated heterocycles. The summed E-state index contributed by atoms with van der Waals surface area (Å²) in [6.45, 7) is 5.60. The molecule has 0 saturated carbocycles. The number of hydrogen-bond donors (Lipinski definition) is 1. The second-order valence-electron chi connectivity index (χ2n) is 3.89. The number of para-hydroxylation sites is 1. The van der Waals surface area contributed by atoms with Gasteiger partial charge in [-0.05, 0) is 18.6 Å². The van der Waals surface area contributed by atoms with E-state index >= 15 is 0 Å². The molecule has 1 amide bonds. The maximum Gasteiger partial charge on any atom is 0.437 e. The van der Waals surface area contributed by atoms with Crippen LogP contribution in [0.25, 0.3) is 0 Å². The first-order valence-corrected chi connectivity index (χ1v) is 5.65. The van der Waals surface area contributed by atoms with Crippen LogP contribution in [-0.4, -0.2) is 11.3 Å². The quantitative estimate of drug-likeness (QED) is 0.507. The van der Waals surface area contributed by atoms with E-state index in [1.165, 1.54) is 0 Å². The van der Waals surface area contributed by atoms with E-state index in [9.17, 15) is 4.79 Å². The zero-order valence-electron chi connectivity index (χ0n) is 10.0. The number of nitrogens with one attached hydrogen (secondary N) is 1. The zero-order valence-corrected chi connectivity index (χ0v) is 10.8. The van der Waals surface area contributed by atoms with Crippen molar-refractivity contribution in [3.05, 3.63) is 29.8 Å². The predicted octanol–water partition coefficient (Wildman–Crippen LogP) is 3.75. The van der Waals surface area contributed by atoms with Gasteiger partial charge in [-0.1, -0.05) is 48.8 Å². The Morgan fingerprint density at radius 3 is 2.65 bits per heavy atom. The number of hydrogen-bond acceptors (Lipinski definition) is 3. The molecule has 0 atom stereocenters. The van der Waals surface area contributed by atoms with E-state index in [-0.39, 0.29) is 11.1 Å². The Morgan fingerprint density at radius 1 is 1.41 bits per heavy atom. The van der Waals surface area contributed by atoms with Gasteiger partial charge in [0.2, 0.25) is 0 Å². The van der Waals surface area contributed by atoms with Crippen LogP contribution in [0.1, 0.15) is 19.4 Å². The van der Waals surface area contributed by atoms with Crippen molar-refractivity contribution in [2.24, 2.45) is 11.1 Å². The molecule has 92 valence electrons. The van der Waals surface area contributed by atoms with Gasteiger partial charge >= 0.3 is 6.09 Å². The Labute approximate surface area is 106 Å². The number of benzene rings is 1. The number of carbonyl (C=O) groups excluding carboxylic acids is 1. The van der Waals surface area contributed by atoms with Gasteiger partial charge in [-0.3, -0.25) is 10.2 Å². The summed E-state index contributed by atoms with van der Waals surface area (Å²) in [5, 5.41) is 6.35. The summed E-state index contributed by atoms with van der Waals surface area (Å²) >= 11 is 5.74. The van der Waals surface area contributed by atoms with Crippen molar-refractivity contribution < 1.29 is 9.63 Å². The normalized spacial score (nSPS) is 11.5. The number of anilines is 1. The lowest BCUT2D eigenvalue weighted by molar-refractivity contribution is 0.166. The summed E-state index contributed by atoms with van der Waals surface area (Å²) in [7, 11) is 0. The Balaban J connectivity index is 2.57. The van der Waals surface area contributed by atoms with Crippen LogP contribution in [0.3, 0.4) is 0 Å². The highest BCUT2D eigenvalue weighted by Gasteiger charge is 2.07. The largest absolute Gasteiger partial charge is 0.437 e. The van der Waals surface area contributed by atoms with Gasteiger partial charge in [-0.2, -0.15) is 0 Å². The maximum atomic E-state index is 11.4. The molecule has 1 rings (SSSR count). The lowest BCUT2D eigenvalue weighted by atomic mass is 10.2. The Kier molecular flexibility index (Phi) is 4.97. The fourth-order valence-corrected chi connectivity index (χ4v) is 1.07. The van der Waals surface area contributed by atoms with Gasteiger partial charge in [0.25, 0.3) is 0 Å². The minimum absolute atomic E-state index is 0.0305. The van der Waals surface area contributed by atoms with Crippen LogP contribution in [0.4, 0.5) is 10.5 Å². The average Bonchev–Trinajstić information content (AvgIpc) is 2.29. The van der Waals surface area contributed by atoms with E-state index in [0.717, 1.165) is 5.56 Å². The molecule has 4 nitrogen and oxygen atoms in total. The molecule has 0 heterocycles. The molecule has 1 aromatic carbocycles. The molecule has 0 aliphatic carbocycles. The van der Waals surface area contributed by atoms with Gasteiger partial charge in [0.1, 0.15) is 5.17 Å². The third kappa shape index (κ3) is 4.44. The van der Waals surface area contributed by atoms with Crippen LogP contribution in [0, 0.1) is 12.8 Å². The van der Waals surface area contributed by atoms with E-state index in [1.54, 1.807) is 6.07 Å². The SMILES string of the molecule is Cc1ccccc1NC(=O)O/N=C(\Cl)C(C)C. The predicted molar refractivity (Wildman–Crippen MR) is 69.4 cm³/mol. The van der Waals surface area contributed by atoms with Crippen molar-refractivity contribution in [1.29, 1.82) is 0 Å². The van der Waals surface area contributed by atoms with E-state index in [2.05, 4.69) is 15.3 Å². The summed E-state index contributed by atoms with van der Waals surface area (Å²) in [5.41, 5.74) is 1.64. The standard InChI is InChI=1S/C12H15ClN2O2/c1-8(2)11(13)15-17-12(16)14-10-7-5-4-6-9(10)3/h4-8H,1-3H3,(H,14,16)/b15-11-. The van der Waals surface area contributed by atoms with Crippen molar-refractivity contribution in [1.82, 2.24) is 0 Å². The second-order valence-corrected chi connectivity index (χ2v) is 4.27. The molecule has 0 radical (unpaired) electrons. The molecule has 0 unspecified atom stereocenters. The van der Waals surface area contributed by atoms with Crippen molar-refractivity contribution in [3.63, 3.8) is 0 Å². The van der Waals surface area contributed by atoms with Gasteiger partial charge < -0.3 is 0 Å². The number of carbonyl (C=O) groups is 1. The molecule has 1 N–H and O–H groups in total. The van der Waals surface area contributed by atoms with Crippen LogP contribution in [-0.2, 0) is 4.84 Å². The van der Waals surface area contributed by atoms with E-state index in [4.69, 9.17) is 11.6 Å². The number of rotatable bonds is 3. The third-order valence-electron chi connectivity index (χ3n) is 2.07. The van der Waals surface area contributed by atoms with Gasteiger partial charge in [0.05, 0.1) is 0 Å². The third-order valence-corrected chi connectivity index (χ3v) is 2.58. The minimum atomic E-state index is -0.655. The van der Waals surface area contributed by atoms with Crippen LogP contribution in [0.15, 0.2) is 29.4 Å². The summed E-state index contributed by atoms with van der Waals surface area (Å²) in [4.78, 5) is 16.0. The van der Waals surface area contributed by atoms with Gasteiger partial charge in [-0.25, -0.2) is 4.79 Å². The van der Waals surface area contributed by atoms with E-state index < -0.39 is 6.09 Å². The fourth-order valence-electron chi connectivity index (χ4n) is 1.04. The second kappa shape index (κ2) is 6.25. The highest BCUT2D eigenvalue weighted by atomic mass is 35.5. The Hall–Kier alpha value is -1.55. The number of aryl methyl sites for hydroxylation is 1. The highest BCUT2D eigenvalue weighted by molar-refractivity contribution is 6.65. The first-order chi connectivity index (χ1) is 8.00. The molecular formula is C12H15ClN2O2. The molecule has 0 aliphatic rings. The molecule has 0 fully saturated rings. The first kappa shape index (κ1) is 13.5. The lowest BCUT2D eigenvalue weighted by Crippen LogP contribution is -2.13. The molecule has 0 aliphatic heterocycles. The molecule has 17 heavy (non-hydrogen) atoms. The van der Waals surface area contributed by atoms with Crippen LogP contribution < -0.4 is 5.32 Å². The van der Waals surface area contributed by atoms with Gasteiger partial charge in [-0.15, -0.1) is 0 Å². The Bertz CT molecular complexity index is 430. The molecule has 0 bridgehead atoms. The fraction of sp³-hybridized carbons (Fsp3) is 0.333. The summed E-state index contributed by atoms with van der Waals surface area (Å²) < 4.78 is 0. The first-order valence-electron chi connectivity index (χ1n) is 5.27. The van der Waals surface area contributed by atoms with Crippen molar-refractivity contribution >= 4 is 28.6 Å². The topological polar surface area (TPSA) is 50.7 Å². The number of amides is 1. The molecule has 0 spiro atoms. The maximum absolute atomic E-state index is 11.4. The summed E-state index contributed by atoms with van der Waals surface area (Å²) in [6, 6.07) is 7.39. The van der Waals surface area contributed by atoms with Crippen LogP contribution in [0.5, 0.6) is 0 Å². The monoisotopic (exact) mass is 254 g/mol. The minimum Gasteiger partial charge on any atom is -0.297 e. The van der Waals surface area contributed by atoms with Crippen LogP contribution >= 0.6 is 11.6 Å². The number of halogens is 1. The number of oxime groups is 1.